The van der Waals surface area contributed by atoms with Crippen LogP contribution >= 0.6 is 11.6 Å². The fourth-order valence-electron chi connectivity index (χ4n) is 2.54. The predicted molar refractivity (Wildman–Crippen MR) is 71.5 cm³/mol. The first-order chi connectivity index (χ1) is 9.22. The highest BCUT2D eigenvalue weighted by atomic mass is 35.5. The molecule has 3 rings (SSSR count). The summed E-state index contributed by atoms with van der Waals surface area (Å²) in [5.74, 6) is 0.549. The Kier molecular flexibility index (Phi) is 3.03. The Hall–Kier alpha value is -1.81. The van der Waals surface area contributed by atoms with Gasteiger partial charge in [-0.15, -0.1) is 0 Å². The van der Waals surface area contributed by atoms with Crippen LogP contribution in [0.25, 0.3) is 0 Å². The lowest BCUT2D eigenvalue weighted by Gasteiger charge is -2.07. The third-order valence-corrected chi connectivity index (χ3v) is 3.85. The second kappa shape index (κ2) is 4.70. The molecule has 0 N–H and O–H groups in total. The van der Waals surface area contributed by atoms with Crippen molar-refractivity contribution in [3.63, 3.8) is 0 Å². The number of methoxy groups -OCH3 is 1. The molecule has 0 bridgehead atoms. The topological polar surface area (TPSA) is 44.1 Å². The maximum atomic E-state index is 11.6. The second-order valence-electron chi connectivity index (χ2n) is 4.50. The maximum absolute atomic E-state index is 11.6. The van der Waals surface area contributed by atoms with Crippen molar-refractivity contribution in [2.24, 2.45) is 0 Å². The van der Waals surface area contributed by atoms with Crippen molar-refractivity contribution in [2.75, 3.05) is 7.11 Å². The van der Waals surface area contributed by atoms with Crippen LogP contribution in [-0.2, 0) is 11.3 Å². The average Bonchev–Trinajstić information content (AvgIpc) is 3.00. The van der Waals surface area contributed by atoms with Crippen LogP contribution in [0.1, 0.15) is 34.2 Å². The number of rotatable bonds is 2. The van der Waals surface area contributed by atoms with E-state index in [-0.39, 0.29) is 11.6 Å². The van der Waals surface area contributed by atoms with Gasteiger partial charge in [0.25, 0.3) is 0 Å². The zero-order valence-corrected chi connectivity index (χ0v) is 11.2. The molecule has 0 saturated heterocycles. The molecular weight excluding hydrogens is 264 g/mol. The van der Waals surface area contributed by atoms with E-state index in [0.717, 1.165) is 18.8 Å². The van der Waals surface area contributed by atoms with Crippen molar-refractivity contribution in [3.05, 3.63) is 52.6 Å². The summed E-state index contributed by atoms with van der Waals surface area (Å²) in [6, 6.07) is 10.1. The molecule has 0 saturated carbocycles. The first-order valence-corrected chi connectivity index (χ1v) is 6.49. The number of aromatic nitrogens is 2. The molecule has 19 heavy (non-hydrogen) atoms. The summed E-state index contributed by atoms with van der Waals surface area (Å²) < 4.78 is 6.59. The molecule has 0 spiro atoms. The Morgan fingerprint density at radius 2 is 2.16 bits per heavy atom. The molecule has 1 aliphatic heterocycles. The van der Waals surface area contributed by atoms with E-state index in [4.69, 9.17) is 16.3 Å². The van der Waals surface area contributed by atoms with E-state index in [1.54, 1.807) is 0 Å². The lowest BCUT2D eigenvalue weighted by molar-refractivity contribution is 0.0594. The number of esters is 1. The van der Waals surface area contributed by atoms with Crippen molar-refractivity contribution in [1.82, 2.24) is 9.55 Å². The Bertz CT molecular complexity index is 622. The minimum atomic E-state index is -0.487. The van der Waals surface area contributed by atoms with Gasteiger partial charge >= 0.3 is 5.97 Å². The van der Waals surface area contributed by atoms with E-state index in [1.165, 1.54) is 12.7 Å². The highest BCUT2D eigenvalue weighted by Crippen LogP contribution is 2.36. The number of carbonyl (C=O) groups excluding carboxylic acids is 1. The average molecular weight is 277 g/mol. The molecule has 5 heteroatoms. The monoisotopic (exact) mass is 276 g/mol. The van der Waals surface area contributed by atoms with Gasteiger partial charge in [0.1, 0.15) is 11.0 Å². The molecule has 0 amide bonds. The number of halogens is 1. The van der Waals surface area contributed by atoms with Gasteiger partial charge in [0, 0.05) is 12.5 Å². The van der Waals surface area contributed by atoms with Gasteiger partial charge in [-0.25, -0.2) is 9.78 Å². The van der Waals surface area contributed by atoms with E-state index in [1.807, 2.05) is 22.8 Å². The second-order valence-corrected chi connectivity index (χ2v) is 4.86. The van der Waals surface area contributed by atoms with E-state index >= 15 is 0 Å². The molecule has 1 unspecified atom stereocenters. The van der Waals surface area contributed by atoms with Crippen molar-refractivity contribution < 1.29 is 9.53 Å². The lowest BCUT2D eigenvalue weighted by atomic mass is 9.97. The molecular formula is C14H13ClN2O2. The summed E-state index contributed by atoms with van der Waals surface area (Å²) >= 11 is 6.20. The van der Waals surface area contributed by atoms with Crippen LogP contribution in [-0.4, -0.2) is 22.6 Å². The molecule has 2 heterocycles. The standard InChI is InChI=1S/C14H13ClN2O2/c1-19-14(18)11-12(15)17-8-7-10(13(17)16-11)9-5-3-2-4-6-9/h2-6,10H,7-8H2,1H3. The maximum Gasteiger partial charge on any atom is 0.359 e. The van der Waals surface area contributed by atoms with Gasteiger partial charge < -0.3 is 9.30 Å². The highest BCUT2D eigenvalue weighted by molar-refractivity contribution is 6.32. The smallest absolute Gasteiger partial charge is 0.359 e. The Morgan fingerprint density at radius 3 is 2.84 bits per heavy atom. The van der Waals surface area contributed by atoms with Gasteiger partial charge in [0.15, 0.2) is 5.69 Å². The molecule has 98 valence electrons. The number of fused-ring (bicyclic) bond motifs is 1. The SMILES string of the molecule is COC(=O)c1nc2n(c1Cl)CCC2c1ccccc1. The van der Waals surface area contributed by atoms with Crippen molar-refractivity contribution in [2.45, 2.75) is 18.9 Å². The Morgan fingerprint density at radius 1 is 1.42 bits per heavy atom. The minimum absolute atomic E-state index is 0.192. The molecule has 4 nitrogen and oxygen atoms in total. The molecule has 0 radical (unpaired) electrons. The summed E-state index contributed by atoms with van der Waals surface area (Å²) in [5.41, 5.74) is 1.40. The van der Waals surface area contributed by atoms with Crippen LogP contribution in [0.2, 0.25) is 5.15 Å². The van der Waals surface area contributed by atoms with E-state index in [9.17, 15) is 4.79 Å². The Labute approximate surface area is 116 Å². The minimum Gasteiger partial charge on any atom is -0.464 e. The molecule has 2 aromatic rings. The number of hydrogen-bond acceptors (Lipinski definition) is 3. The fourth-order valence-corrected chi connectivity index (χ4v) is 2.83. The third kappa shape index (κ3) is 1.92. The summed E-state index contributed by atoms with van der Waals surface area (Å²) in [6.45, 7) is 0.776. The van der Waals surface area contributed by atoms with Gasteiger partial charge in [-0.3, -0.25) is 0 Å². The number of hydrogen-bond donors (Lipinski definition) is 0. The molecule has 1 aromatic heterocycles. The molecule has 0 fully saturated rings. The first kappa shape index (κ1) is 12.2. The third-order valence-electron chi connectivity index (χ3n) is 3.47. The largest absolute Gasteiger partial charge is 0.464 e. The van der Waals surface area contributed by atoms with Crippen molar-refractivity contribution >= 4 is 17.6 Å². The predicted octanol–water partition coefficient (Wildman–Crippen LogP) is 2.86. The quantitative estimate of drug-likeness (QED) is 0.792. The molecule has 0 aliphatic carbocycles. The van der Waals surface area contributed by atoms with Gasteiger partial charge in [-0.05, 0) is 12.0 Å². The number of benzene rings is 1. The van der Waals surface area contributed by atoms with Crippen molar-refractivity contribution in [3.8, 4) is 0 Å². The van der Waals surface area contributed by atoms with Gasteiger partial charge in [-0.1, -0.05) is 41.9 Å². The molecule has 1 aliphatic rings. The van der Waals surface area contributed by atoms with E-state index in [0.29, 0.717) is 5.15 Å². The summed E-state index contributed by atoms with van der Waals surface area (Å²) in [4.78, 5) is 16.0. The number of nitrogens with zero attached hydrogens (tertiary/aromatic N) is 2. The number of carbonyl (C=O) groups is 1. The normalized spacial score (nSPS) is 17.3. The fraction of sp³-hybridized carbons (Fsp3) is 0.286. The van der Waals surface area contributed by atoms with Gasteiger partial charge in [0.2, 0.25) is 0 Å². The summed E-state index contributed by atoms with van der Waals surface area (Å²) in [7, 11) is 1.33. The van der Waals surface area contributed by atoms with Crippen LogP contribution in [0.4, 0.5) is 0 Å². The zero-order valence-electron chi connectivity index (χ0n) is 10.5. The molecule has 1 aromatic carbocycles. The van der Waals surface area contributed by atoms with Gasteiger partial charge in [-0.2, -0.15) is 0 Å². The van der Waals surface area contributed by atoms with E-state index < -0.39 is 5.97 Å². The van der Waals surface area contributed by atoms with Crippen LogP contribution in [0.3, 0.4) is 0 Å². The van der Waals surface area contributed by atoms with Crippen LogP contribution < -0.4 is 0 Å². The Balaban J connectivity index is 2.04. The van der Waals surface area contributed by atoms with Gasteiger partial charge in [0.05, 0.1) is 7.11 Å². The van der Waals surface area contributed by atoms with Crippen LogP contribution in [0, 0.1) is 0 Å². The number of imidazole rings is 1. The van der Waals surface area contributed by atoms with Crippen LogP contribution in [0.15, 0.2) is 30.3 Å². The van der Waals surface area contributed by atoms with Crippen LogP contribution in [0.5, 0.6) is 0 Å². The summed E-state index contributed by atoms with van der Waals surface area (Å²) in [5, 5.41) is 0.375. The summed E-state index contributed by atoms with van der Waals surface area (Å²) in [6.07, 6.45) is 0.952. The first-order valence-electron chi connectivity index (χ1n) is 6.11. The lowest BCUT2D eigenvalue weighted by Crippen LogP contribution is -2.04. The molecule has 1 atom stereocenters. The highest BCUT2D eigenvalue weighted by Gasteiger charge is 2.31. The number of ether oxygens (including phenoxy) is 1. The zero-order chi connectivity index (χ0) is 13.4. The van der Waals surface area contributed by atoms with E-state index in [2.05, 4.69) is 17.1 Å². The van der Waals surface area contributed by atoms with Crippen molar-refractivity contribution in [1.29, 1.82) is 0 Å².